The molecule has 1 aliphatic rings. The molecule has 2 amide bonds. The van der Waals surface area contributed by atoms with Gasteiger partial charge in [-0.2, -0.15) is 0 Å². The van der Waals surface area contributed by atoms with E-state index >= 15 is 0 Å². The number of halogens is 1. The minimum atomic E-state index is -0.247. The largest absolute Gasteiger partial charge is 0.507 e. The Kier molecular flexibility index (Phi) is 7.85. The van der Waals surface area contributed by atoms with Gasteiger partial charge < -0.3 is 24.4 Å². The first-order chi connectivity index (χ1) is 15.3. The van der Waals surface area contributed by atoms with Crippen LogP contribution in [-0.4, -0.2) is 66.6 Å². The Morgan fingerprint density at radius 1 is 1.06 bits per heavy atom. The molecule has 0 atom stereocenters. The molecular weight excluding hydrogens is 432 g/mol. The molecule has 172 valence electrons. The van der Waals surface area contributed by atoms with Crippen LogP contribution in [0, 0.1) is 5.92 Å². The Labute approximate surface area is 193 Å². The average Bonchev–Trinajstić information content (AvgIpc) is 2.79. The first kappa shape index (κ1) is 23.7. The lowest BCUT2D eigenvalue weighted by Gasteiger charge is -2.35. The molecule has 0 unspecified atom stereocenters. The number of methoxy groups -OCH3 is 1. The van der Waals surface area contributed by atoms with E-state index in [9.17, 15) is 14.7 Å². The number of benzene rings is 2. The van der Waals surface area contributed by atoms with Crippen molar-refractivity contribution < 1.29 is 24.2 Å². The predicted molar refractivity (Wildman–Crippen MR) is 123 cm³/mol. The van der Waals surface area contributed by atoms with Gasteiger partial charge in [0.1, 0.15) is 5.75 Å². The summed E-state index contributed by atoms with van der Waals surface area (Å²) in [6.45, 7) is 6.24. The first-order valence-electron chi connectivity index (χ1n) is 10.7. The standard InChI is InChI=1S/C24H29ClN2O5/c1-16(2)8-13-32-22-19(25)14-17(15-21(22)31-3)23(29)26-9-11-27(12-10-26)24(30)18-6-4-5-7-20(18)28/h4-7,14-16,28H,8-13H2,1-3H3. The summed E-state index contributed by atoms with van der Waals surface area (Å²) in [4.78, 5) is 29.1. The predicted octanol–water partition coefficient (Wildman–Crippen LogP) is 4.08. The molecule has 1 saturated heterocycles. The average molecular weight is 461 g/mol. The molecule has 2 aromatic carbocycles. The van der Waals surface area contributed by atoms with Gasteiger partial charge in [0, 0.05) is 31.7 Å². The zero-order chi connectivity index (χ0) is 23.3. The molecule has 0 radical (unpaired) electrons. The SMILES string of the molecule is COc1cc(C(=O)N2CCN(C(=O)c3ccccc3O)CC2)cc(Cl)c1OCCC(C)C. The van der Waals surface area contributed by atoms with Crippen molar-refractivity contribution in [2.75, 3.05) is 39.9 Å². The van der Waals surface area contributed by atoms with E-state index in [1.54, 1.807) is 40.1 Å². The molecule has 1 heterocycles. The second-order valence-corrected chi connectivity index (χ2v) is 8.53. The topological polar surface area (TPSA) is 79.3 Å². The van der Waals surface area contributed by atoms with Crippen molar-refractivity contribution in [3.05, 3.63) is 52.5 Å². The first-order valence-corrected chi connectivity index (χ1v) is 11.1. The number of para-hydroxylation sites is 1. The van der Waals surface area contributed by atoms with Gasteiger partial charge in [-0.3, -0.25) is 9.59 Å². The molecule has 2 aromatic rings. The van der Waals surface area contributed by atoms with Crippen LogP contribution in [0.5, 0.6) is 17.2 Å². The summed E-state index contributed by atoms with van der Waals surface area (Å²) in [5.41, 5.74) is 0.667. The van der Waals surface area contributed by atoms with Crippen LogP contribution >= 0.6 is 11.6 Å². The number of carbonyl (C=O) groups excluding carboxylic acids is 2. The zero-order valence-corrected chi connectivity index (χ0v) is 19.4. The number of hydrogen-bond acceptors (Lipinski definition) is 5. The fourth-order valence-electron chi connectivity index (χ4n) is 3.50. The number of phenols is 1. The maximum atomic E-state index is 13.1. The smallest absolute Gasteiger partial charge is 0.257 e. The third-order valence-electron chi connectivity index (χ3n) is 5.41. The highest BCUT2D eigenvalue weighted by Gasteiger charge is 2.27. The third kappa shape index (κ3) is 5.46. The fraction of sp³-hybridized carbons (Fsp3) is 0.417. The Morgan fingerprint density at radius 2 is 1.69 bits per heavy atom. The van der Waals surface area contributed by atoms with Gasteiger partial charge in [-0.05, 0) is 36.6 Å². The Bertz CT molecular complexity index is 971. The summed E-state index contributed by atoms with van der Waals surface area (Å²) in [6.07, 6.45) is 0.879. The van der Waals surface area contributed by atoms with Crippen molar-refractivity contribution in [1.29, 1.82) is 0 Å². The number of amides is 2. The van der Waals surface area contributed by atoms with Crippen molar-refractivity contribution in [2.45, 2.75) is 20.3 Å². The quantitative estimate of drug-likeness (QED) is 0.673. The molecule has 0 aromatic heterocycles. The Balaban J connectivity index is 1.66. The zero-order valence-electron chi connectivity index (χ0n) is 18.6. The molecule has 0 spiro atoms. The van der Waals surface area contributed by atoms with E-state index in [0.29, 0.717) is 60.8 Å². The van der Waals surface area contributed by atoms with Gasteiger partial charge in [0.25, 0.3) is 11.8 Å². The lowest BCUT2D eigenvalue weighted by molar-refractivity contribution is 0.0533. The highest BCUT2D eigenvalue weighted by Crippen LogP contribution is 2.37. The van der Waals surface area contributed by atoms with E-state index < -0.39 is 0 Å². The number of aromatic hydroxyl groups is 1. The van der Waals surface area contributed by atoms with Crippen LogP contribution in [0.3, 0.4) is 0 Å². The minimum Gasteiger partial charge on any atom is -0.507 e. The van der Waals surface area contributed by atoms with Gasteiger partial charge in [0.2, 0.25) is 0 Å². The van der Waals surface area contributed by atoms with Crippen LogP contribution in [0.2, 0.25) is 5.02 Å². The molecule has 32 heavy (non-hydrogen) atoms. The van der Waals surface area contributed by atoms with E-state index in [0.717, 1.165) is 6.42 Å². The van der Waals surface area contributed by atoms with Crippen molar-refractivity contribution >= 4 is 23.4 Å². The number of ether oxygens (including phenoxy) is 2. The number of piperazine rings is 1. The molecule has 0 bridgehead atoms. The summed E-state index contributed by atoms with van der Waals surface area (Å²) < 4.78 is 11.2. The van der Waals surface area contributed by atoms with E-state index in [4.69, 9.17) is 21.1 Å². The lowest BCUT2D eigenvalue weighted by atomic mass is 10.1. The van der Waals surface area contributed by atoms with E-state index in [1.165, 1.54) is 13.2 Å². The Hall–Kier alpha value is -2.93. The molecule has 1 N–H and O–H groups in total. The summed E-state index contributed by atoms with van der Waals surface area (Å²) >= 11 is 6.41. The van der Waals surface area contributed by atoms with Gasteiger partial charge in [-0.25, -0.2) is 0 Å². The van der Waals surface area contributed by atoms with Gasteiger partial charge in [-0.1, -0.05) is 37.6 Å². The van der Waals surface area contributed by atoms with Crippen molar-refractivity contribution in [3.63, 3.8) is 0 Å². The van der Waals surface area contributed by atoms with Gasteiger partial charge >= 0.3 is 0 Å². The molecular formula is C24H29ClN2O5. The normalized spacial score (nSPS) is 13.9. The molecule has 3 rings (SSSR count). The number of rotatable bonds is 7. The monoisotopic (exact) mass is 460 g/mol. The minimum absolute atomic E-state index is 0.0477. The van der Waals surface area contributed by atoms with Crippen molar-refractivity contribution in [2.24, 2.45) is 5.92 Å². The fourth-order valence-corrected chi connectivity index (χ4v) is 3.77. The maximum absolute atomic E-state index is 13.1. The molecule has 0 saturated carbocycles. The summed E-state index contributed by atoms with van der Waals surface area (Å²) in [7, 11) is 1.51. The highest BCUT2D eigenvalue weighted by atomic mass is 35.5. The summed E-state index contributed by atoms with van der Waals surface area (Å²) in [6, 6.07) is 9.69. The second kappa shape index (κ2) is 10.6. The van der Waals surface area contributed by atoms with Crippen LogP contribution in [0.4, 0.5) is 0 Å². The van der Waals surface area contributed by atoms with Crippen LogP contribution in [-0.2, 0) is 0 Å². The van der Waals surface area contributed by atoms with Gasteiger partial charge in [0.05, 0.1) is 24.3 Å². The van der Waals surface area contributed by atoms with Gasteiger partial charge in [-0.15, -0.1) is 0 Å². The maximum Gasteiger partial charge on any atom is 0.257 e. The molecule has 0 aliphatic carbocycles. The lowest BCUT2D eigenvalue weighted by Crippen LogP contribution is -2.50. The van der Waals surface area contributed by atoms with Gasteiger partial charge in [0.15, 0.2) is 11.5 Å². The van der Waals surface area contributed by atoms with Crippen LogP contribution in [0.1, 0.15) is 41.0 Å². The van der Waals surface area contributed by atoms with E-state index in [2.05, 4.69) is 13.8 Å². The van der Waals surface area contributed by atoms with Crippen LogP contribution in [0.15, 0.2) is 36.4 Å². The number of nitrogens with zero attached hydrogens (tertiary/aromatic N) is 2. The number of phenolic OH excluding ortho intramolecular Hbond substituents is 1. The van der Waals surface area contributed by atoms with E-state index in [1.807, 2.05) is 0 Å². The summed E-state index contributed by atoms with van der Waals surface area (Å²) in [5, 5.41) is 10.3. The second-order valence-electron chi connectivity index (χ2n) is 8.12. The molecule has 1 aliphatic heterocycles. The van der Waals surface area contributed by atoms with Crippen molar-refractivity contribution in [1.82, 2.24) is 9.80 Å². The Morgan fingerprint density at radius 3 is 2.28 bits per heavy atom. The third-order valence-corrected chi connectivity index (χ3v) is 5.69. The molecule has 7 nitrogen and oxygen atoms in total. The number of carbonyl (C=O) groups is 2. The number of hydrogen-bond donors (Lipinski definition) is 1. The van der Waals surface area contributed by atoms with Crippen LogP contribution < -0.4 is 9.47 Å². The van der Waals surface area contributed by atoms with Crippen molar-refractivity contribution in [3.8, 4) is 17.2 Å². The molecule has 1 fully saturated rings. The highest BCUT2D eigenvalue weighted by molar-refractivity contribution is 6.32. The summed E-state index contributed by atoms with van der Waals surface area (Å²) in [5.74, 6) is 0.865. The molecule has 8 heteroatoms. The van der Waals surface area contributed by atoms with E-state index in [-0.39, 0.29) is 23.1 Å². The van der Waals surface area contributed by atoms with Crippen LogP contribution in [0.25, 0.3) is 0 Å².